The number of hydrogen-bond acceptors (Lipinski definition) is 4. The van der Waals surface area contributed by atoms with Crippen molar-refractivity contribution in [3.8, 4) is 5.75 Å². The summed E-state index contributed by atoms with van der Waals surface area (Å²) < 4.78 is 8.41. The van der Waals surface area contributed by atoms with E-state index in [0.29, 0.717) is 24.6 Å². The average Bonchev–Trinajstić information content (AvgIpc) is 3.18. The van der Waals surface area contributed by atoms with Crippen molar-refractivity contribution in [2.75, 3.05) is 13.7 Å². The van der Waals surface area contributed by atoms with Gasteiger partial charge in [-0.1, -0.05) is 38.1 Å². The Morgan fingerprint density at radius 1 is 1.09 bits per heavy atom. The number of aryl methyl sites for hydroxylation is 2. The molecule has 0 saturated heterocycles. The van der Waals surface area contributed by atoms with Crippen LogP contribution < -0.4 is 4.74 Å². The first kappa shape index (κ1) is 23.5. The summed E-state index contributed by atoms with van der Waals surface area (Å²) in [5.74, 6) is 2.19. The molecular formula is C28H32N4O2. The van der Waals surface area contributed by atoms with Crippen molar-refractivity contribution in [1.29, 1.82) is 0 Å². The fraction of sp³-hybridized carbons (Fsp3) is 0.321. The van der Waals surface area contributed by atoms with E-state index in [4.69, 9.17) is 9.72 Å². The second-order valence-corrected chi connectivity index (χ2v) is 8.96. The van der Waals surface area contributed by atoms with Crippen LogP contribution in [0.15, 0.2) is 67.0 Å². The van der Waals surface area contributed by atoms with Gasteiger partial charge in [-0.25, -0.2) is 4.98 Å². The van der Waals surface area contributed by atoms with Gasteiger partial charge in [-0.05, 0) is 60.7 Å². The van der Waals surface area contributed by atoms with Crippen molar-refractivity contribution >= 4 is 16.9 Å². The number of carbonyl (C=O) groups is 1. The second-order valence-electron chi connectivity index (χ2n) is 8.96. The second kappa shape index (κ2) is 10.5. The maximum atomic E-state index is 12.8. The predicted octanol–water partition coefficient (Wildman–Crippen LogP) is 5.60. The minimum atomic E-state index is -0.0509. The van der Waals surface area contributed by atoms with E-state index in [9.17, 15) is 4.79 Å². The normalized spacial score (nSPS) is 11.2. The molecular weight excluding hydrogens is 424 g/mol. The number of aromatic nitrogens is 3. The Balaban J connectivity index is 1.48. The van der Waals surface area contributed by atoms with E-state index in [1.54, 1.807) is 36.5 Å². The molecule has 176 valence electrons. The molecule has 6 heteroatoms. The Labute approximate surface area is 201 Å². The van der Waals surface area contributed by atoms with Crippen LogP contribution in [0.5, 0.6) is 5.75 Å². The maximum Gasteiger partial charge on any atom is 0.254 e. The highest BCUT2D eigenvalue weighted by molar-refractivity contribution is 5.93. The first-order valence-corrected chi connectivity index (χ1v) is 11.8. The van der Waals surface area contributed by atoms with Crippen LogP contribution in [0.25, 0.3) is 11.0 Å². The molecule has 0 bridgehead atoms. The van der Waals surface area contributed by atoms with Gasteiger partial charge >= 0.3 is 0 Å². The number of fused-ring (bicyclic) bond motifs is 1. The van der Waals surface area contributed by atoms with Crippen LogP contribution >= 0.6 is 0 Å². The first-order chi connectivity index (χ1) is 16.4. The molecule has 2 heterocycles. The van der Waals surface area contributed by atoms with Crippen LogP contribution in [0.4, 0.5) is 0 Å². The molecule has 1 amide bonds. The van der Waals surface area contributed by atoms with Crippen molar-refractivity contribution in [3.05, 3.63) is 89.5 Å². The molecule has 6 nitrogen and oxygen atoms in total. The third-order valence-electron chi connectivity index (χ3n) is 5.96. The van der Waals surface area contributed by atoms with Crippen molar-refractivity contribution in [3.63, 3.8) is 0 Å². The van der Waals surface area contributed by atoms with Gasteiger partial charge < -0.3 is 14.2 Å². The number of ether oxygens (including phenoxy) is 1. The van der Waals surface area contributed by atoms with Gasteiger partial charge in [-0.15, -0.1) is 0 Å². The van der Waals surface area contributed by atoms with Gasteiger partial charge in [0.2, 0.25) is 0 Å². The van der Waals surface area contributed by atoms with Crippen LogP contribution in [0, 0.1) is 6.92 Å². The Morgan fingerprint density at radius 3 is 2.62 bits per heavy atom. The number of imidazole rings is 1. The van der Waals surface area contributed by atoms with Crippen molar-refractivity contribution in [2.45, 2.75) is 46.2 Å². The van der Waals surface area contributed by atoms with E-state index >= 15 is 0 Å². The van der Waals surface area contributed by atoms with Crippen LogP contribution in [0.3, 0.4) is 0 Å². The minimum absolute atomic E-state index is 0.0509. The zero-order chi connectivity index (χ0) is 24.1. The lowest BCUT2D eigenvalue weighted by molar-refractivity contribution is 0.0780. The number of carbonyl (C=O) groups excluding carboxylic acids is 1. The lowest BCUT2D eigenvalue weighted by Crippen LogP contribution is -2.28. The number of pyridine rings is 1. The van der Waals surface area contributed by atoms with E-state index < -0.39 is 0 Å². The molecule has 0 N–H and O–H groups in total. The number of amides is 1. The lowest BCUT2D eigenvalue weighted by Gasteiger charge is -2.18. The topological polar surface area (TPSA) is 60.2 Å². The molecule has 0 aliphatic carbocycles. The van der Waals surface area contributed by atoms with E-state index in [1.165, 1.54) is 11.1 Å². The van der Waals surface area contributed by atoms with Crippen molar-refractivity contribution < 1.29 is 9.53 Å². The number of nitrogens with zero attached hydrogens (tertiary/aromatic N) is 4. The van der Waals surface area contributed by atoms with Gasteiger partial charge in [0.1, 0.15) is 11.6 Å². The average molecular weight is 457 g/mol. The largest absolute Gasteiger partial charge is 0.493 e. The highest BCUT2D eigenvalue weighted by Gasteiger charge is 2.17. The predicted molar refractivity (Wildman–Crippen MR) is 135 cm³/mol. The smallest absolute Gasteiger partial charge is 0.254 e. The maximum absolute atomic E-state index is 12.8. The summed E-state index contributed by atoms with van der Waals surface area (Å²) in [6.07, 6.45) is 4.10. The summed E-state index contributed by atoms with van der Waals surface area (Å²) >= 11 is 0. The lowest BCUT2D eigenvalue weighted by atomic mass is 10.0. The van der Waals surface area contributed by atoms with Gasteiger partial charge in [0.15, 0.2) is 0 Å². The molecule has 0 spiro atoms. The molecule has 0 unspecified atom stereocenters. The molecule has 0 atom stereocenters. The van der Waals surface area contributed by atoms with E-state index in [0.717, 1.165) is 35.6 Å². The van der Waals surface area contributed by atoms with Crippen molar-refractivity contribution in [1.82, 2.24) is 19.4 Å². The minimum Gasteiger partial charge on any atom is -0.493 e. The molecule has 4 rings (SSSR count). The fourth-order valence-electron chi connectivity index (χ4n) is 4.14. The molecule has 2 aromatic carbocycles. The summed E-state index contributed by atoms with van der Waals surface area (Å²) in [4.78, 5) is 23.4. The molecule has 2 aromatic heterocycles. The zero-order valence-corrected chi connectivity index (χ0v) is 20.4. The monoisotopic (exact) mass is 456 g/mol. The molecule has 4 aromatic rings. The molecule has 34 heavy (non-hydrogen) atoms. The highest BCUT2D eigenvalue weighted by atomic mass is 16.5. The van der Waals surface area contributed by atoms with Crippen molar-refractivity contribution in [2.24, 2.45) is 0 Å². The summed E-state index contributed by atoms with van der Waals surface area (Å²) in [6, 6.07) is 18.0. The SMILES string of the molecule is Cc1ccc(C(C)C)c(OCCCn2c(CN(C)C(=O)c3ccncc3)nc3ccccc32)c1. The van der Waals surface area contributed by atoms with Crippen LogP contribution in [-0.2, 0) is 13.1 Å². The molecule has 0 radical (unpaired) electrons. The first-order valence-electron chi connectivity index (χ1n) is 11.8. The number of rotatable bonds is 9. The quantitative estimate of drug-likeness (QED) is 0.307. The summed E-state index contributed by atoms with van der Waals surface area (Å²) in [7, 11) is 1.81. The fourth-order valence-corrected chi connectivity index (χ4v) is 4.14. The van der Waals surface area contributed by atoms with Gasteiger partial charge in [0.05, 0.1) is 24.2 Å². The number of hydrogen-bond donors (Lipinski definition) is 0. The van der Waals surface area contributed by atoms with E-state index in [2.05, 4.69) is 54.6 Å². The van der Waals surface area contributed by atoms with Gasteiger partial charge in [-0.2, -0.15) is 0 Å². The Hall–Kier alpha value is -3.67. The van der Waals surface area contributed by atoms with Gasteiger partial charge in [0, 0.05) is 31.5 Å². The number of benzene rings is 2. The van der Waals surface area contributed by atoms with Crippen LogP contribution in [0.2, 0.25) is 0 Å². The Morgan fingerprint density at radius 2 is 1.85 bits per heavy atom. The summed E-state index contributed by atoms with van der Waals surface area (Å²) in [5, 5.41) is 0. The third kappa shape index (κ3) is 5.28. The standard InChI is InChI=1S/C28H32N4O2/c1-20(2)23-11-10-21(3)18-26(23)34-17-7-16-32-25-9-6-5-8-24(25)30-27(32)19-31(4)28(33)22-12-14-29-15-13-22/h5-6,8-15,18,20H,7,16-17,19H2,1-4H3. The van der Waals surface area contributed by atoms with E-state index in [-0.39, 0.29) is 5.91 Å². The summed E-state index contributed by atoms with van der Waals surface area (Å²) in [6.45, 7) is 8.25. The Kier molecular flexibility index (Phi) is 7.26. The van der Waals surface area contributed by atoms with Crippen LogP contribution in [-0.4, -0.2) is 39.0 Å². The Bertz CT molecular complexity index is 1260. The zero-order valence-electron chi connectivity index (χ0n) is 20.4. The van der Waals surface area contributed by atoms with E-state index in [1.807, 2.05) is 18.2 Å². The van der Waals surface area contributed by atoms with Crippen LogP contribution in [0.1, 0.15) is 53.5 Å². The summed E-state index contributed by atoms with van der Waals surface area (Å²) in [5.41, 5.74) is 5.05. The third-order valence-corrected chi connectivity index (χ3v) is 5.96. The highest BCUT2D eigenvalue weighted by Crippen LogP contribution is 2.27. The molecule has 0 fully saturated rings. The number of para-hydroxylation sites is 2. The molecule has 0 aliphatic heterocycles. The molecule has 0 saturated carbocycles. The molecule has 0 aliphatic rings. The van der Waals surface area contributed by atoms with Gasteiger partial charge in [0.25, 0.3) is 5.91 Å². The van der Waals surface area contributed by atoms with Gasteiger partial charge in [-0.3, -0.25) is 9.78 Å².